The van der Waals surface area contributed by atoms with Crippen LogP contribution in [-0.4, -0.2) is 32.5 Å². The van der Waals surface area contributed by atoms with Crippen molar-refractivity contribution in [1.82, 2.24) is 5.32 Å². The van der Waals surface area contributed by atoms with Crippen LogP contribution in [-0.2, 0) is 0 Å². The lowest BCUT2D eigenvalue weighted by atomic mass is 9.87. The average Bonchev–Trinajstić information content (AvgIpc) is 2.89. The van der Waals surface area contributed by atoms with E-state index in [2.05, 4.69) is 43.2 Å². The number of rotatable bonds is 2. The van der Waals surface area contributed by atoms with Crippen LogP contribution in [0.2, 0.25) is 0 Å². The molecule has 0 spiro atoms. The molecule has 0 amide bonds. The first-order chi connectivity index (χ1) is 9.20. The first kappa shape index (κ1) is 12.6. The van der Waals surface area contributed by atoms with Crippen LogP contribution in [0.4, 0.5) is 5.69 Å². The summed E-state index contributed by atoms with van der Waals surface area (Å²) in [7, 11) is 2.06. The first-order valence-electron chi connectivity index (χ1n) is 7.04. The van der Waals surface area contributed by atoms with Crippen LogP contribution in [0.25, 0.3) is 0 Å². The van der Waals surface area contributed by atoms with E-state index in [0.717, 1.165) is 18.0 Å². The van der Waals surface area contributed by atoms with Crippen LogP contribution in [0.5, 0.6) is 11.5 Å². The molecule has 2 aliphatic rings. The summed E-state index contributed by atoms with van der Waals surface area (Å²) in [6.07, 6.45) is 1.18. The van der Waals surface area contributed by atoms with Crippen molar-refractivity contribution in [2.75, 3.05) is 25.3 Å². The van der Waals surface area contributed by atoms with Gasteiger partial charge in [-0.3, -0.25) is 0 Å². The van der Waals surface area contributed by atoms with Crippen molar-refractivity contribution in [3.05, 3.63) is 18.2 Å². The number of nitrogens with one attached hydrogen (secondary N) is 1. The van der Waals surface area contributed by atoms with Gasteiger partial charge < -0.3 is 19.7 Å². The van der Waals surface area contributed by atoms with Crippen LogP contribution in [0.15, 0.2) is 18.2 Å². The number of hydrogen-bond donors (Lipinski definition) is 1. The van der Waals surface area contributed by atoms with Crippen LogP contribution < -0.4 is 19.7 Å². The van der Waals surface area contributed by atoms with Gasteiger partial charge in [0.15, 0.2) is 11.5 Å². The molecule has 3 rings (SSSR count). The van der Waals surface area contributed by atoms with E-state index in [0.29, 0.717) is 24.8 Å². The third kappa shape index (κ3) is 2.14. The highest BCUT2D eigenvalue weighted by molar-refractivity contribution is 5.58. The molecule has 3 atom stereocenters. The molecule has 1 aromatic carbocycles. The minimum Gasteiger partial charge on any atom is -0.454 e. The first-order valence-corrected chi connectivity index (χ1v) is 7.04. The fourth-order valence-electron chi connectivity index (χ4n) is 3.20. The molecule has 0 radical (unpaired) electrons. The van der Waals surface area contributed by atoms with E-state index < -0.39 is 0 Å². The van der Waals surface area contributed by atoms with Gasteiger partial charge in [0.2, 0.25) is 6.79 Å². The summed E-state index contributed by atoms with van der Waals surface area (Å²) in [5, 5.41) is 3.43. The highest BCUT2D eigenvalue weighted by Gasteiger charge is 2.32. The van der Waals surface area contributed by atoms with Gasteiger partial charge in [-0.15, -0.1) is 0 Å². The maximum Gasteiger partial charge on any atom is 0.231 e. The van der Waals surface area contributed by atoms with Gasteiger partial charge in [-0.1, -0.05) is 6.92 Å². The van der Waals surface area contributed by atoms with Crippen molar-refractivity contribution < 1.29 is 9.47 Å². The lowest BCUT2D eigenvalue weighted by Gasteiger charge is -2.44. The Hall–Kier alpha value is -1.42. The molecule has 2 heterocycles. The number of anilines is 1. The van der Waals surface area contributed by atoms with E-state index in [9.17, 15) is 0 Å². The van der Waals surface area contributed by atoms with Gasteiger partial charge in [-0.05, 0) is 38.4 Å². The molecular formula is C15H22N2O2. The SMILES string of the molecule is CNC1CCN(c2ccc3c(c2)OCO3)C(C)C1C. The summed E-state index contributed by atoms with van der Waals surface area (Å²) < 4.78 is 10.8. The van der Waals surface area contributed by atoms with Crippen LogP contribution in [0.3, 0.4) is 0 Å². The predicted octanol–water partition coefficient (Wildman–Crippen LogP) is 2.24. The third-order valence-corrected chi connectivity index (χ3v) is 4.63. The molecule has 104 valence electrons. The maximum atomic E-state index is 5.47. The van der Waals surface area contributed by atoms with Crippen molar-refractivity contribution >= 4 is 5.69 Å². The maximum absolute atomic E-state index is 5.47. The summed E-state index contributed by atoms with van der Waals surface area (Å²) in [6.45, 7) is 6.05. The molecule has 4 nitrogen and oxygen atoms in total. The zero-order chi connectivity index (χ0) is 13.4. The van der Waals surface area contributed by atoms with Crippen molar-refractivity contribution in [3.63, 3.8) is 0 Å². The number of benzene rings is 1. The molecule has 1 saturated heterocycles. The lowest BCUT2D eigenvalue weighted by molar-refractivity contribution is 0.174. The summed E-state index contributed by atoms with van der Waals surface area (Å²) in [4.78, 5) is 2.47. The molecule has 4 heteroatoms. The summed E-state index contributed by atoms with van der Waals surface area (Å²) in [5.41, 5.74) is 1.23. The summed E-state index contributed by atoms with van der Waals surface area (Å²) in [6, 6.07) is 7.38. The van der Waals surface area contributed by atoms with Crippen molar-refractivity contribution in [1.29, 1.82) is 0 Å². The second kappa shape index (κ2) is 4.93. The van der Waals surface area contributed by atoms with Crippen molar-refractivity contribution in [2.45, 2.75) is 32.4 Å². The quantitative estimate of drug-likeness (QED) is 0.886. The van der Waals surface area contributed by atoms with Crippen LogP contribution in [0, 0.1) is 5.92 Å². The highest BCUT2D eigenvalue weighted by atomic mass is 16.7. The Morgan fingerprint density at radius 3 is 2.79 bits per heavy atom. The third-order valence-electron chi connectivity index (χ3n) is 4.63. The van der Waals surface area contributed by atoms with Gasteiger partial charge in [0, 0.05) is 30.4 Å². The average molecular weight is 262 g/mol. The fraction of sp³-hybridized carbons (Fsp3) is 0.600. The van der Waals surface area contributed by atoms with E-state index in [1.807, 2.05) is 6.07 Å². The summed E-state index contributed by atoms with van der Waals surface area (Å²) >= 11 is 0. The molecule has 0 aliphatic carbocycles. The van der Waals surface area contributed by atoms with Gasteiger partial charge in [0.1, 0.15) is 0 Å². The van der Waals surface area contributed by atoms with E-state index in [4.69, 9.17) is 9.47 Å². The standard InChI is InChI=1S/C15H22N2O2/c1-10-11(2)17(7-6-13(10)16-3)12-4-5-14-15(8-12)19-9-18-14/h4-5,8,10-11,13,16H,6-7,9H2,1-3H3. The molecule has 2 aliphatic heterocycles. The Labute approximate surface area is 114 Å². The second-order valence-electron chi connectivity index (χ2n) is 5.51. The van der Waals surface area contributed by atoms with Gasteiger partial charge in [0.25, 0.3) is 0 Å². The smallest absolute Gasteiger partial charge is 0.231 e. The zero-order valence-corrected chi connectivity index (χ0v) is 11.8. The molecule has 0 saturated carbocycles. The number of piperidine rings is 1. The molecule has 1 aromatic rings. The van der Waals surface area contributed by atoms with Crippen molar-refractivity contribution in [2.24, 2.45) is 5.92 Å². The summed E-state index contributed by atoms with van der Waals surface area (Å²) in [5.74, 6) is 2.35. The number of ether oxygens (including phenoxy) is 2. The Balaban J connectivity index is 1.82. The van der Waals surface area contributed by atoms with Gasteiger partial charge >= 0.3 is 0 Å². The normalized spacial score (nSPS) is 29.6. The van der Waals surface area contributed by atoms with E-state index in [-0.39, 0.29) is 0 Å². The zero-order valence-electron chi connectivity index (χ0n) is 11.8. The number of nitrogens with zero attached hydrogens (tertiary/aromatic N) is 1. The predicted molar refractivity (Wildman–Crippen MR) is 76.0 cm³/mol. The minimum absolute atomic E-state index is 0.340. The van der Waals surface area contributed by atoms with Gasteiger partial charge in [-0.25, -0.2) is 0 Å². The van der Waals surface area contributed by atoms with Crippen molar-refractivity contribution in [3.8, 4) is 11.5 Å². The molecule has 0 aromatic heterocycles. The Morgan fingerprint density at radius 1 is 1.21 bits per heavy atom. The molecule has 19 heavy (non-hydrogen) atoms. The monoisotopic (exact) mass is 262 g/mol. The molecule has 1 N–H and O–H groups in total. The van der Waals surface area contributed by atoms with Gasteiger partial charge in [-0.2, -0.15) is 0 Å². The second-order valence-corrected chi connectivity index (χ2v) is 5.51. The van der Waals surface area contributed by atoms with Crippen LogP contribution >= 0.6 is 0 Å². The number of hydrogen-bond acceptors (Lipinski definition) is 4. The Kier molecular flexibility index (Phi) is 3.27. The minimum atomic E-state index is 0.340. The highest BCUT2D eigenvalue weighted by Crippen LogP contribution is 2.37. The fourth-order valence-corrected chi connectivity index (χ4v) is 3.20. The largest absolute Gasteiger partial charge is 0.454 e. The van der Waals surface area contributed by atoms with Crippen LogP contribution in [0.1, 0.15) is 20.3 Å². The van der Waals surface area contributed by atoms with E-state index in [1.165, 1.54) is 12.1 Å². The Morgan fingerprint density at radius 2 is 2.00 bits per heavy atom. The van der Waals surface area contributed by atoms with Gasteiger partial charge in [0.05, 0.1) is 0 Å². The van der Waals surface area contributed by atoms with E-state index in [1.54, 1.807) is 0 Å². The molecule has 1 fully saturated rings. The Bertz CT molecular complexity index is 463. The molecule has 0 bridgehead atoms. The molecule has 3 unspecified atom stereocenters. The number of fused-ring (bicyclic) bond motifs is 1. The topological polar surface area (TPSA) is 33.7 Å². The lowest BCUT2D eigenvalue weighted by Crippen LogP contribution is -2.52. The molecular weight excluding hydrogens is 240 g/mol. The van der Waals surface area contributed by atoms with E-state index >= 15 is 0 Å².